The molecule has 19 heavy (non-hydrogen) atoms. The molecular weight excluding hydrogens is 308 g/mol. The third-order valence-corrected chi connectivity index (χ3v) is 3.18. The molecule has 0 atom stereocenters. The minimum atomic E-state index is -0.155. The molecule has 2 aromatic rings. The number of nitrogens with zero attached hydrogens (tertiary/aromatic N) is 2. The first-order valence-corrected chi connectivity index (χ1v) is 6.45. The zero-order valence-corrected chi connectivity index (χ0v) is 12.2. The van der Waals surface area contributed by atoms with Crippen molar-refractivity contribution in [1.82, 2.24) is 4.98 Å². The standard InChI is InChI=1S/C14H13BrN2O2/c1-17(11-4-6-12(19-2)7-5-11)14(18)13-8-3-10(15)9-16-13/h3-9H,1-2H3. The summed E-state index contributed by atoms with van der Waals surface area (Å²) in [6.07, 6.45) is 1.61. The molecule has 0 aliphatic heterocycles. The summed E-state index contributed by atoms with van der Waals surface area (Å²) in [6, 6.07) is 10.8. The highest BCUT2D eigenvalue weighted by Crippen LogP contribution is 2.19. The van der Waals surface area contributed by atoms with Gasteiger partial charge >= 0.3 is 0 Å². The number of aromatic nitrogens is 1. The molecule has 0 saturated heterocycles. The van der Waals surface area contributed by atoms with Gasteiger partial charge in [0.05, 0.1) is 7.11 Å². The van der Waals surface area contributed by atoms with Crippen molar-refractivity contribution in [2.45, 2.75) is 0 Å². The molecule has 0 aliphatic rings. The van der Waals surface area contributed by atoms with E-state index in [2.05, 4.69) is 20.9 Å². The Morgan fingerprint density at radius 2 is 1.89 bits per heavy atom. The van der Waals surface area contributed by atoms with Crippen LogP contribution in [0.3, 0.4) is 0 Å². The molecule has 1 aromatic heterocycles. The summed E-state index contributed by atoms with van der Waals surface area (Å²) in [5.41, 5.74) is 1.19. The summed E-state index contributed by atoms with van der Waals surface area (Å²) in [6.45, 7) is 0. The van der Waals surface area contributed by atoms with E-state index in [0.717, 1.165) is 15.9 Å². The number of methoxy groups -OCH3 is 1. The lowest BCUT2D eigenvalue weighted by atomic mass is 10.2. The molecule has 4 nitrogen and oxygen atoms in total. The van der Waals surface area contributed by atoms with Gasteiger partial charge in [0, 0.05) is 23.4 Å². The monoisotopic (exact) mass is 320 g/mol. The van der Waals surface area contributed by atoms with Crippen LogP contribution in [-0.4, -0.2) is 25.0 Å². The predicted molar refractivity (Wildman–Crippen MR) is 77.7 cm³/mol. The third-order valence-electron chi connectivity index (χ3n) is 2.71. The van der Waals surface area contributed by atoms with Crippen molar-refractivity contribution in [3.63, 3.8) is 0 Å². The number of carbonyl (C=O) groups is 1. The van der Waals surface area contributed by atoms with Crippen LogP contribution >= 0.6 is 15.9 Å². The average Bonchev–Trinajstić information content (AvgIpc) is 2.46. The van der Waals surface area contributed by atoms with Crippen LogP contribution in [0.25, 0.3) is 0 Å². The Kier molecular flexibility index (Phi) is 4.16. The highest BCUT2D eigenvalue weighted by atomic mass is 79.9. The minimum absolute atomic E-state index is 0.155. The lowest BCUT2D eigenvalue weighted by molar-refractivity contribution is 0.0988. The molecule has 98 valence electrons. The number of anilines is 1. The second kappa shape index (κ2) is 5.84. The summed E-state index contributed by atoms with van der Waals surface area (Å²) in [5, 5.41) is 0. The Labute approximate surface area is 120 Å². The van der Waals surface area contributed by atoms with E-state index in [-0.39, 0.29) is 5.91 Å². The number of carbonyl (C=O) groups excluding carboxylic acids is 1. The maximum absolute atomic E-state index is 12.2. The first-order valence-electron chi connectivity index (χ1n) is 5.65. The Morgan fingerprint density at radius 1 is 1.21 bits per heavy atom. The molecule has 0 N–H and O–H groups in total. The lowest BCUT2D eigenvalue weighted by Gasteiger charge is -2.17. The van der Waals surface area contributed by atoms with Gasteiger partial charge < -0.3 is 9.64 Å². The normalized spacial score (nSPS) is 10.1. The fourth-order valence-corrected chi connectivity index (χ4v) is 1.83. The van der Waals surface area contributed by atoms with Gasteiger partial charge in [0.25, 0.3) is 5.91 Å². The Morgan fingerprint density at radius 3 is 2.42 bits per heavy atom. The topological polar surface area (TPSA) is 42.4 Å². The van der Waals surface area contributed by atoms with Crippen LogP contribution in [0.15, 0.2) is 47.1 Å². The molecule has 0 radical (unpaired) electrons. The first-order chi connectivity index (χ1) is 9.11. The van der Waals surface area contributed by atoms with E-state index in [1.54, 1.807) is 37.4 Å². The average molecular weight is 321 g/mol. The number of ether oxygens (including phenoxy) is 1. The van der Waals surface area contributed by atoms with Crippen LogP contribution in [0, 0.1) is 0 Å². The fourth-order valence-electron chi connectivity index (χ4n) is 1.60. The lowest BCUT2D eigenvalue weighted by Crippen LogP contribution is -2.26. The van der Waals surface area contributed by atoms with Crippen molar-refractivity contribution in [3.8, 4) is 5.75 Å². The van der Waals surface area contributed by atoms with E-state index in [4.69, 9.17) is 4.74 Å². The number of hydrogen-bond donors (Lipinski definition) is 0. The number of rotatable bonds is 3. The van der Waals surface area contributed by atoms with Crippen LogP contribution in [0.4, 0.5) is 5.69 Å². The van der Waals surface area contributed by atoms with E-state index in [9.17, 15) is 4.79 Å². The molecular formula is C14H13BrN2O2. The second-order valence-electron chi connectivity index (χ2n) is 3.92. The summed E-state index contributed by atoms with van der Waals surface area (Å²) >= 11 is 3.29. The van der Waals surface area contributed by atoms with E-state index < -0.39 is 0 Å². The fraction of sp³-hybridized carbons (Fsp3) is 0.143. The summed E-state index contributed by atoms with van der Waals surface area (Å²) in [7, 11) is 3.32. The number of benzene rings is 1. The third kappa shape index (κ3) is 3.12. The molecule has 2 rings (SSSR count). The second-order valence-corrected chi connectivity index (χ2v) is 4.84. The number of halogens is 1. The van der Waals surface area contributed by atoms with Gasteiger partial charge in [-0.2, -0.15) is 0 Å². The van der Waals surface area contributed by atoms with Gasteiger partial charge in [0.1, 0.15) is 11.4 Å². The molecule has 5 heteroatoms. The summed E-state index contributed by atoms with van der Waals surface area (Å²) in [4.78, 5) is 17.9. The van der Waals surface area contributed by atoms with Gasteiger partial charge in [0.2, 0.25) is 0 Å². The maximum Gasteiger partial charge on any atom is 0.276 e. The highest BCUT2D eigenvalue weighted by Gasteiger charge is 2.14. The Hall–Kier alpha value is -1.88. The quantitative estimate of drug-likeness (QED) is 0.872. The first kappa shape index (κ1) is 13.5. The zero-order valence-electron chi connectivity index (χ0n) is 10.6. The van der Waals surface area contributed by atoms with Crippen LogP contribution in [0.5, 0.6) is 5.75 Å². The minimum Gasteiger partial charge on any atom is -0.497 e. The molecule has 1 heterocycles. The van der Waals surface area contributed by atoms with E-state index in [1.807, 2.05) is 24.3 Å². The van der Waals surface area contributed by atoms with Crippen molar-refractivity contribution in [2.75, 3.05) is 19.1 Å². The number of pyridine rings is 1. The van der Waals surface area contributed by atoms with Gasteiger partial charge in [-0.15, -0.1) is 0 Å². The summed E-state index contributed by atoms with van der Waals surface area (Å²) < 4.78 is 5.93. The molecule has 0 bridgehead atoms. The van der Waals surface area contributed by atoms with Gasteiger partial charge in [-0.1, -0.05) is 0 Å². The van der Waals surface area contributed by atoms with Crippen LogP contribution in [0.2, 0.25) is 0 Å². The van der Waals surface area contributed by atoms with Gasteiger partial charge in [-0.05, 0) is 52.3 Å². The zero-order chi connectivity index (χ0) is 13.8. The molecule has 1 amide bonds. The van der Waals surface area contributed by atoms with Crippen molar-refractivity contribution < 1.29 is 9.53 Å². The summed E-state index contributed by atoms with van der Waals surface area (Å²) in [5.74, 6) is 0.601. The van der Waals surface area contributed by atoms with Gasteiger partial charge in [0.15, 0.2) is 0 Å². The maximum atomic E-state index is 12.2. The number of amides is 1. The molecule has 0 aliphatic carbocycles. The molecule has 0 saturated carbocycles. The van der Waals surface area contributed by atoms with Crippen molar-refractivity contribution in [1.29, 1.82) is 0 Å². The van der Waals surface area contributed by atoms with Crippen LogP contribution in [-0.2, 0) is 0 Å². The SMILES string of the molecule is COc1ccc(N(C)C(=O)c2ccc(Br)cn2)cc1. The molecule has 0 spiro atoms. The Balaban J connectivity index is 2.20. The molecule has 0 fully saturated rings. The molecule has 0 unspecified atom stereocenters. The van der Waals surface area contributed by atoms with E-state index >= 15 is 0 Å². The number of hydrogen-bond acceptors (Lipinski definition) is 3. The van der Waals surface area contributed by atoms with Crippen molar-refractivity contribution in [2.24, 2.45) is 0 Å². The highest BCUT2D eigenvalue weighted by molar-refractivity contribution is 9.10. The Bertz CT molecular complexity index is 567. The van der Waals surface area contributed by atoms with Gasteiger partial charge in [-0.3, -0.25) is 4.79 Å². The van der Waals surface area contributed by atoms with Crippen molar-refractivity contribution in [3.05, 3.63) is 52.8 Å². The van der Waals surface area contributed by atoms with Crippen LogP contribution < -0.4 is 9.64 Å². The largest absolute Gasteiger partial charge is 0.497 e. The van der Waals surface area contributed by atoms with E-state index in [0.29, 0.717) is 5.69 Å². The van der Waals surface area contributed by atoms with E-state index in [1.165, 1.54) is 0 Å². The van der Waals surface area contributed by atoms with Gasteiger partial charge in [-0.25, -0.2) is 4.98 Å². The predicted octanol–water partition coefficient (Wildman–Crippen LogP) is 3.13. The van der Waals surface area contributed by atoms with Crippen molar-refractivity contribution >= 4 is 27.5 Å². The van der Waals surface area contributed by atoms with Crippen LogP contribution in [0.1, 0.15) is 10.5 Å². The molecule has 1 aromatic carbocycles. The smallest absolute Gasteiger partial charge is 0.276 e.